The Morgan fingerprint density at radius 3 is 2.69 bits per heavy atom. The van der Waals surface area contributed by atoms with Gasteiger partial charge in [0.05, 0.1) is 35.6 Å². The predicted molar refractivity (Wildman–Crippen MR) is 117 cm³/mol. The molecule has 1 aliphatic carbocycles. The van der Waals surface area contributed by atoms with E-state index in [0.717, 1.165) is 24.2 Å². The van der Waals surface area contributed by atoms with Crippen molar-refractivity contribution < 1.29 is 19.5 Å². The highest BCUT2D eigenvalue weighted by molar-refractivity contribution is 6.04. The number of carboxylic acids is 1. The zero-order valence-corrected chi connectivity index (χ0v) is 17.4. The lowest BCUT2D eigenvalue weighted by molar-refractivity contribution is -0.120. The van der Waals surface area contributed by atoms with Crippen LogP contribution >= 0.6 is 0 Å². The minimum Gasteiger partial charge on any atom is -0.478 e. The predicted octanol–water partition coefficient (Wildman–Crippen LogP) is 1.78. The molecular weight excluding hydrogens is 410 g/mol. The standard InChI is InChI=1S/C23H23N5O4/c29-20-13-27(8-7-24-20)19-9-15(14-5-6-14)11-28-12-16(26-21(19)28)10-25-22(30)17-3-1-2-4-18(17)23(31)32/h1-4,9,11-12,14H,5-8,10,13H2,(H,24,29)(H,25,30)(H,31,32). The number of imidazole rings is 1. The molecule has 9 nitrogen and oxygen atoms in total. The molecule has 2 aliphatic rings. The van der Waals surface area contributed by atoms with Crippen molar-refractivity contribution in [1.82, 2.24) is 20.0 Å². The van der Waals surface area contributed by atoms with Crippen LogP contribution in [0.2, 0.25) is 0 Å². The number of anilines is 1. The van der Waals surface area contributed by atoms with Gasteiger partial charge in [-0.15, -0.1) is 0 Å². The van der Waals surface area contributed by atoms with Gasteiger partial charge in [0.2, 0.25) is 5.91 Å². The number of hydrogen-bond acceptors (Lipinski definition) is 5. The van der Waals surface area contributed by atoms with Gasteiger partial charge in [-0.25, -0.2) is 9.78 Å². The second kappa shape index (κ2) is 7.99. The van der Waals surface area contributed by atoms with Crippen molar-refractivity contribution in [3.8, 4) is 0 Å². The molecule has 2 amide bonds. The first-order valence-electron chi connectivity index (χ1n) is 10.6. The molecule has 1 saturated carbocycles. The van der Waals surface area contributed by atoms with Gasteiger partial charge >= 0.3 is 5.97 Å². The van der Waals surface area contributed by atoms with Gasteiger partial charge in [0, 0.05) is 25.5 Å². The van der Waals surface area contributed by atoms with E-state index in [2.05, 4.69) is 22.9 Å². The molecule has 0 atom stereocenters. The van der Waals surface area contributed by atoms with E-state index in [1.807, 2.05) is 15.5 Å². The van der Waals surface area contributed by atoms with Crippen LogP contribution in [0.3, 0.4) is 0 Å². The van der Waals surface area contributed by atoms with Crippen LogP contribution in [0.5, 0.6) is 0 Å². The second-order valence-electron chi connectivity index (χ2n) is 8.20. The molecule has 32 heavy (non-hydrogen) atoms. The molecule has 1 aliphatic heterocycles. The maximum atomic E-state index is 12.6. The van der Waals surface area contributed by atoms with Gasteiger partial charge in [0.1, 0.15) is 0 Å². The Morgan fingerprint density at radius 2 is 1.97 bits per heavy atom. The maximum Gasteiger partial charge on any atom is 0.336 e. The van der Waals surface area contributed by atoms with Crippen molar-refractivity contribution in [2.24, 2.45) is 0 Å². The van der Waals surface area contributed by atoms with Crippen molar-refractivity contribution in [2.45, 2.75) is 25.3 Å². The first kappa shape index (κ1) is 20.0. The minimum atomic E-state index is -1.15. The molecule has 164 valence electrons. The molecule has 1 saturated heterocycles. The number of carboxylic acid groups (broad SMARTS) is 1. The summed E-state index contributed by atoms with van der Waals surface area (Å²) in [7, 11) is 0. The van der Waals surface area contributed by atoms with Crippen LogP contribution in [-0.2, 0) is 11.3 Å². The van der Waals surface area contributed by atoms with Crippen LogP contribution in [-0.4, -0.2) is 51.9 Å². The van der Waals surface area contributed by atoms with E-state index < -0.39 is 11.9 Å². The fourth-order valence-electron chi connectivity index (χ4n) is 4.09. The second-order valence-corrected chi connectivity index (χ2v) is 8.20. The van der Waals surface area contributed by atoms with Gasteiger partial charge in [-0.05, 0) is 42.5 Å². The summed E-state index contributed by atoms with van der Waals surface area (Å²) in [4.78, 5) is 42.7. The van der Waals surface area contributed by atoms with Gasteiger partial charge in [-0.2, -0.15) is 0 Å². The number of fused-ring (bicyclic) bond motifs is 1. The molecule has 1 aromatic carbocycles. The zero-order chi connectivity index (χ0) is 22.2. The Balaban J connectivity index is 1.42. The summed E-state index contributed by atoms with van der Waals surface area (Å²) in [6.45, 7) is 1.74. The molecule has 5 rings (SSSR count). The number of pyridine rings is 1. The molecule has 3 aromatic rings. The lowest BCUT2D eigenvalue weighted by atomic mass is 10.1. The number of nitrogens with one attached hydrogen (secondary N) is 2. The number of carbonyl (C=O) groups is 3. The van der Waals surface area contributed by atoms with Crippen LogP contribution < -0.4 is 15.5 Å². The molecule has 0 spiro atoms. The summed E-state index contributed by atoms with van der Waals surface area (Å²) in [5, 5.41) is 14.9. The summed E-state index contributed by atoms with van der Waals surface area (Å²) >= 11 is 0. The van der Waals surface area contributed by atoms with E-state index in [1.165, 1.54) is 17.7 Å². The number of rotatable bonds is 6. The molecule has 3 heterocycles. The number of amides is 2. The van der Waals surface area contributed by atoms with Gasteiger partial charge < -0.3 is 25.0 Å². The number of aromatic nitrogens is 2. The quantitative estimate of drug-likeness (QED) is 0.546. The smallest absolute Gasteiger partial charge is 0.336 e. The Bertz CT molecular complexity index is 1230. The average molecular weight is 433 g/mol. The first-order valence-corrected chi connectivity index (χ1v) is 10.6. The van der Waals surface area contributed by atoms with Crippen molar-refractivity contribution in [1.29, 1.82) is 0 Å². The third kappa shape index (κ3) is 3.89. The van der Waals surface area contributed by atoms with Gasteiger partial charge in [0.25, 0.3) is 5.91 Å². The highest BCUT2D eigenvalue weighted by atomic mass is 16.4. The topological polar surface area (TPSA) is 116 Å². The number of aromatic carboxylic acids is 1. The Kier molecular flexibility index (Phi) is 5.01. The molecular formula is C23H23N5O4. The largest absolute Gasteiger partial charge is 0.478 e. The highest BCUT2D eigenvalue weighted by Crippen LogP contribution is 2.41. The minimum absolute atomic E-state index is 0.0117. The Labute approximate surface area is 184 Å². The zero-order valence-electron chi connectivity index (χ0n) is 17.4. The van der Waals surface area contributed by atoms with E-state index in [1.54, 1.807) is 12.1 Å². The van der Waals surface area contributed by atoms with Gasteiger partial charge in [-0.3, -0.25) is 9.59 Å². The lowest BCUT2D eigenvalue weighted by Gasteiger charge is -2.29. The number of hydrogen-bond donors (Lipinski definition) is 3. The van der Waals surface area contributed by atoms with Gasteiger partial charge in [0.15, 0.2) is 5.65 Å². The van der Waals surface area contributed by atoms with Crippen LogP contribution in [0, 0.1) is 0 Å². The maximum absolute atomic E-state index is 12.6. The Morgan fingerprint density at radius 1 is 1.19 bits per heavy atom. The van der Waals surface area contributed by atoms with E-state index >= 15 is 0 Å². The highest BCUT2D eigenvalue weighted by Gasteiger charge is 2.27. The number of piperazine rings is 1. The van der Waals surface area contributed by atoms with Crippen molar-refractivity contribution in [3.05, 3.63) is 65.1 Å². The summed E-state index contributed by atoms with van der Waals surface area (Å²) in [5.74, 6) is -1.09. The van der Waals surface area contributed by atoms with Crippen LogP contribution in [0.1, 0.15) is 50.7 Å². The molecule has 9 heteroatoms. The summed E-state index contributed by atoms with van der Waals surface area (Å²) in [6, 6.07) is 8.24. The normalized spacial score (nSPS) is 16.1. The fourth-order valence-corrected chi connectivity index (χ4v) is 4.09. The van der Waals surface area contributed by atoms with E-state index in [0.29, 0.717) is 24.7 Å². The molecule has 3 N–H and O–H groups in total. The third-order valence-corrected chi connectivity index (χ3v) is 5.86. The van der Waals surface area contributed by atoms with E-state index in [4.69, 9.17) is 4.98 Å². The Hall–Kier alpha value is -3.88. The summed E-state index contributed by atoms with van der Waals surface area (Å²) in [6.07, 6.45) is 6.26. The van der Waals surface area contributed by atoms with Crippen LogP contribution in [0.15, 0.2) is 42.7 Å². The molecule has 0 radical (unpaired) electrons. The van der Waals surface area contributed by atoms with Gasteiger partial charge in [-0.1, -0.05) is 12.1 Å². The van der Waals surface area contributed by atoms with Crippen LogP contribution in [0.4, 0.5) is 5.69 Å². The monoisotopic (exact) mass is 433 g/mol. The fraction of sp³-hybridized carbons (Fsp3) is 0.304. The van der Waals surface area contributed by atoms with Crippen LogP contribution in [0.25, 0.3) is 5.65 Å². The van der Waals surface area contributed by atoms with Crippen molar-refractivity contribution >= 4 is 29.1 Å². The third-order valence-electron chi connectivity index (χ3n) is 5.86. The van der Waals surface area contributed by atoms with Crippen molar-refractivity contribution in [2.75, 3.05) is 24.5 Å². The molecule has 2 fully saturated rings. The lowest BCUT2D eigenvalue weighted by Crippen LogP contribution is -2.47. The average Bonchev–Trinajstić information content (AvgIpc) is 3.56. The summed E-state index contributed by atoms with van der Waals surface area (Å²) < 4.78 is 1.96. The van der Waals surface area contributed by atoms with E-state index in [-0.39, 0.29) is 30.1 Å². The van der Waals surface area contributed by atoms with E-state index in [9.17, 15) is 19.5 Å². The number of benzene rings is 1. The SMILES string of the molecule is O=C1CN(c2cc(C3CC3)cn3cc(CNC(=O)c4ccccc4C(=O)O)nc23)CCN1. The molecule has 0 unspecified atom stereocenters. The number of nitrogens with zero attached hydrogens (tertiary/aromatic N) is 3. The first-order chi connectivity index (χ1) is 15.5. The number of carbonyl (C=O) groups excluding carboxylic acids is 2. The molecule has 0 bridgehead atoms. The molecule has 2 aromatic heterocycles. The van der Waals surface area contributed by atoms with Crippen molar-refractivity contribution in [3.63, 3.8) is 0 Å². The summed E-state index contributed by atoms with van der Waals surface area (Å²) in [5.41, 5.74) is 3.60.